The molecule has 3 aliphatic rings. The van der Waals surface area contributed by atoms with Crippen LogP contribution in [0.4, 0.5) is 0 Å². The average Bonchev–Trinajstić information content (AvgIpc) is 3.06. The molecule has 0 radical (unpaired) electrons. The summed E-state index contributed by atoms with van der Waals surface area (Å²) >= 11 is 0. The van der Waals surface area contributed by atoms with E-state index in [1.54, 1.807) is 0 Å². The zero-order valence-corrected chi connectivity index (χ0v) is 15.5. The monoisotopic (exact) mass is 366 g/mol. The minimum absolute atomic E-state index is 0. The van der Waals surface area contributed by atoms with Gasteiger partial charge >= 0.3 is 0 Å². The predicted molar refractivity (Wildman–Crippen MR) is 110 cm³/mol. The molecule has 2 aliphatic heterocycles. The third kappa shape index (κ3) is 2.99. The first kappa shape index (κ1) is 17.1. The first-order valence-corrected chi connectivity index (χ1v) is 9.22. The molecule has 2 heterocycles. The molecule has 0 fully saturated rings. The Labute approximate surface area is 160 Å². The number of fused-ring (bicyclic) bond motifs is 3. The van der Waals surface area contributed by atoms with Crippen molar-refractivity contribution >= 4 is 24.1 Å². The number of amidine groups is 2. The standard InChI is InChI=1S/C21H22N4.ClH/c1-7-22-20(23-8-1)14-3-5-18-16(11-14)13-17-12-15(4-6-19(17)18)21-24-9-2-10-25-21;/h3-6,11-12H,1-2,7-10,13H2,(H,22,23)(H,24,25);1H. The molecule has 134 valence electrons. The van der Waals surface area contributed by atoms with Crippen molar-refractivity contribution in [1.82, 2.24) is 10.6 Å². The van der Waals surface area contributed by atoms with Gasteiger partial charge in [-0.15, -0.1) is 12.4 Å². The van der Waals surface area contributed by atoms with E-state index in [1.165, 1.54) is 33.4 Å². The summed E-state index contributed by atoms with van der Waals surface area (Å²) in [5.41, 5.74) is 7.95. The number of rotatable bonds is 2. The zero-order chi connectivity index (χ0) is 16.6. The Hall–Kier alpha value is -2.33. The van der Waals surface area contributed by atoms with E-state index in [1.807, 2.05) is 0 Å². The van der Waals surface area contributed by atoms with Crippen molar-refractivity contribution in [3.8, 4) is 11.1 Å². The second kappa shape index (κ2) is 7.12. The fourth-order valence-corrected chi connectivity index (χ4v) is 3.96. The highest BCUT2D eigenvalue weighted by atomic mass is 35.5. The van der Waals surface area contributed by atoms with Crippen LogP contribution in [0.3, 0.4) is 0 Å². The maximum atomic E-state index is 4.63. The fraction of sp³-hybridized carbons (Fsp3) is 0.333. The van der Waals surface area contributed by atoms with Crippen LogP contribution in [0.2, 0.25) is 0 Å². The van der Waals surface area contributed by atoms with Crippen molar-refractivity contribution in [3.05, 3.63) is 58.7 Å². The van der Waals surface area contributed by atoms with Gasteiger partial charge in [0.1, 0.15) is 11.7 Å². The first-order chi connectivity index (χ1) is 12.4. The van der Waals surface area contributed by atoms with E-state index in [2.05, 4.69) is 57.0 Å². The van der Waals surface area contributed by atoms with Crippen LogP contribution in [0.25, 0.3) is 11.1 Å². The maximum Gasteiger partial charge on any atom is 0.128 e. The van der Waals surface area contributed by atoms with Gasteiger partial charge in [-0.05, 0) is 53.6 Å². The summed E-state index contributed by atoms with van der Waals surface area (Å²) in [6, 6.07) is 13.5. The Bertz CT molecular complexity index is 827. The highest BCUT2D eigenvalue weighted by Crippen LogP contribution is 2.37. The number of benzene rings is 2. The van der Waals surface area contributed by atoms with Crippen molar-refractivity contribution < 1.29 is 0 Å². The van der Waals surface area contributed by atoms with Gasteiger partial charge in [0, 0.05) is 37.3 Å². The molecule has 0 unspecified atom stereocenters. The summed E-state index contributed by atoms with van der Waals surface area (Å²) in [6.45, 7) is 3.90. The lowest BCUT2D eigenvalue weighted by Gasteiger charge is -2.15. The molecule has 0 saturated carbocycles. The Kier molecular flexibility index (Phi) is 4.68. The first-order valence-electron chi connectivity index (χ1n) is 9.22. The summed E-state index contributed by atoms with van der Waals surface area (Å²) in [7, 11) is 0. The minimum Gasteiger partial charge on any atom is -0.370 e. The van der Waals surface area contributed by atoms with Gasteiger partial charge in [0.25, 0.3) is 0 Å². The van der Waals surface area contributed by atoms with E-state index >= 15 is 0 Å². The molecule has 0 bridgehead atoms. The van der Waals surface area contributed by atoms with Crippen LogP contribution >= 0.6 is 12.4 Å². The normalized spacial score (nSPS) is 17.7. The molecule has 0 amide bonds. The number of nitrogens with one attached hydrogen (secondary N) is 2. The van der Waals surface area contributed by atoms with E-state index in [0.29, 0.717) is 0 Å². The highest BCUT2D eigenvalue weighted by Gasteiger charge is 2.21. The van der Waals surface area contributed by atoms with Gasteiger partial charge in [0.2, 0.25) is 0 Å². The predicted octanol–water partition coefficient (Wildman–Crippen LogP) is 3.16. The Morgan fingerprint density at radius 3 is 1.62 bits per heavy atom. The lowest BCUT2D eigenvalue weighted by molar-refractivity contribution is 0.742. The molecular weight excluding hydrogens is 344 g/mol. The number of nitrogens with zero attached hydrogens (tertiary/aromatic N) is 2. The van der Waals surface area contributed by atoms with Gasteiger partial charge in [-0.25, -0.2) is 0 Å². The van der Waals surface area contributed by atoms with Gasteiger partial charge in [0.15, 0.2) is 0 Å². The second-order valence-corrected chi connectivity index (χ2v) is 6.94. The van der Waals surface area contributed by atoms with Crippen molar-refractivity contribution in [1.29, 1.82) is 0 Å². The fourth-order valence-electron chi connectivity index (χ4n) is 3.96. The molecule has 26 heavy (non-hydrogen) atoms. The van der Waals surface area contributed by atoms with Crippen LogP contribution in [-0.4, -0.2) is 37.9 Å². The van der Waals surface area contributed by atoms with E-state index in [9.17, 15) is 0 Å². The van der Waals surface area contributed by atoms with Crippen LogP contribution < -0.4 is 10.6 Å². The molecule has 5 rings (SSSR count). The van der Waals surface area contributed by atoms with E-state index in [0.717, 1.165) is 57.1 Å². The van der Waals surface area contributed by atoms with Crippen LogP contribution in [0.1, 0.15) is 35.1 Å². The molecule has 1 aliphatic carbocycles. The average molecular weight is 367 g/mol. The van der Waals surface area contributed by atoms with Crippen molar-refractivity contribution in [2.45, 2.75) is 19.3 Å². The van der Waals surface area contributed by atoms with Crippen LogP contribution in [-0.2, 0) is 6.42 Å². The third-order valence-electron chi connectivity index (χ3n) is 5.22. The molecule has 2 aromatic rings. The van der Waals surface area contributed by atoms with Gasteiger partial charge in [-0.1, -0.05) is 24.3 Å². The summed E-state index contributed by atoms with van der Waals surface area (Å²) in [5.74, 6) is 2.10. The van der Waals surface area contributed by atoms with Crippen LogP contribution in [0.15, 0.2) is 46.4 Å². The maximum absolute atomic E-state index is 4.63. The number of hydrogen-bond donors (Lipinski definition) is 2. The summed E-state index contributed by atoms with van der Waals surface area (Å²) in [6.07, 6.45) is 3.24. The molecule has 0 aromatic heterocycles. The van der Waals surface area contributed by atoms with Crippen molar-refractivity contribution in [2.24, 2.45) is 9.98 Å². The molecule has 2 N–H and O–H groups in total. The largest absolute Gasteiger partial charge is 0.370 e. The minimum atomic E-state index is 0. The molecule has 0 atom stereocenters. The van der Waals surface area contributed by atoms with E-state index in [-0.39, 0.29) is 12.4 Å². The smallest absolute Gasteiger partial charge is 0.128 e. The number of halogens is 1. The third-order valence-corrected chi connectivity index (χ3v) is 5.22. The van der Waals surface area contributed by atoms with E-state index in [4.69, 9.17) is 0 Å². The lowest BCUT2D eigenvalue weighted by atomic mass is 10.0. The van der Waals surface area contributed by atoms with Gasteiger partial charge in [-0.3, -0.25) is 9.98 Å². The molecule has 4 nitrogen and oxygen atoms in total. The summed E-state index contributed by atoms with van der Waals surface area (Å²) in [4.78, 5) is 9.26. The second-order valence-electron chi connectivity index (χ2n) is 6.94. The van der Waals surface area contributed by atoms with E-state index < -0.39 is 0 Å². The molecular formula is C21H23ClN4. The molecule has 0 spiro atoms. The molecule has 2 aromatic carbocycles. The molecule has 0 saturated heterocycles. The molecule has 5 heteroatoms. The van der Waals surface area contributed by atoms with Crippen LogP contribution in [0.5, 0.6) is 0 Å². The van der Waals surface area contributed by atoms with Gasteiger partial charge < -0.3 is 10.6 Å². The quantitative estimate of drug-likeness (QED) is 0.732. The Balaban J connectivity index is 0.00000168. The number of aliphatic imine (C=N–C) groups is 2. The highest BCUT2D eigenvalue weighted by molar-refractivity contribution is 6.01. The zero-order valence-electron chi connectivity index (χ0n) is 14.7. The topological polar surface area (TPSA) is 48.8 Å². The Morgan fingerprint density at radius 1 is 0.692 bits per heavy atom. The SMILES string of the molecule is Cl.c1cc2c(cc1C1=NCCCN1)Cc1cc(C3=NCCCN3)ccc1-2. The lowest BCUT2D eigenvalue weighted by Crippen LogP contribution is -2.30. The van der Waals surface area contributed by atoms with Gasteiger partial charge in [0.05, 0.1) is 0 Å². The van der Waals surface area contributed by atoms with Crippen molar-refractivity contribution in [2.75, 3.05) is 26.2 Å². The van der Waals surface area contributed by atoms with Gasteiger partial charge in [-0.2, -0.15) is 0 Å². The number of hydrogen-bond acceptors (Lipinski definition) is 4. The van der Waals surface area contributed by atoms with Crippen LogP contribution in [0, 0.1) is 0 Å². The Morgan fingerprint density at radius 2 is 1.19 bits per heavy atom. The van der Waals surface area contributed by atoms with Crippen molar-refractivity contribution in [3.63, 3.8) is 0 Å². The summed E-state index contributed by atoms with van der Waals surface area (Å²) in [5, 5.41) is 6.85. The summed E-state index contributed by atoms with van der Waals surface area (Å²) < 4.78 is 0.